The molecule has 0 aliphatic heterocycles. The summed E-state index contributed by atoms with van der Waals surface area (Å²) in [5.41, 5.74) is 0.846. The summed E-state index contributed by atoms with van der Waals surface area (Å²) in [6.45, 7) is 0.627. The van der Waals surface area contributed by atoms with Crippen molar-refractivity contribution in [2.24, 2.45) is 0 Å². The second-order valence-corrected chi connectivity index (χ2v) is 4.46. The van der Waals surface area contributed by atoms with Gasteiger partial charge < -0.3 is 23.9 Å². The van der Waals surface area contributed by atoms with E-state index in [4.69, 9.17) is 14.2 Å². The standard InChI is InChI=1S/C14H21NO4/c1-15(2)8-11(9-16)10-6-12(17-3)14(19-5)13(7-10)18-4/h6-7,9,11H,8H2,1-5H3. The normalized spacial score (nSPS) is 12.1. The van der Waals surface area contributed by atoms with Gasteiger partial charge in [0.1, 0.15) is 6.29 Å². The maximum absolute atomic E-state index is 11.3. The molecule has 1 aromatic rings. The molecule has 0 heterocycles. The van der Waals surface area contributed by atoms with E-state index in [-0.39, 0.29) is 5.92 Å². The van der Waals surface area contributed by atoms with E-state index in [0.29, 0.717) is 23.8 Å². The smallest absolute Gasteiger partial charge is 0.203 e. The van der Waals surface area contributed by atoms with Crippen LogP contribution in [0.5, 0.6) is 17.2 Å². The summed E-state index contributed by atoms with van der Waals surface area (Å²) in [4.78, 5) is 13.2. The molecule has 0 saturated carbocycles. The van der Waals surface area contributed by atoms with Gasteiger partial charge >= 0.3 is 0 Å². The highest BCUT2D eigenvalue weighted by molar-refractivity contribution is 5.66. The first-order valence-corrected chi connectivity index (χ1v) is 5.97. The van der Waals surface area contributed by atoms with E-state index < -0.39 is 0 Å². The summed E-state index contributed by atoms with van der Waals surface area (Å²) in [6, 6.07) is 3.62. The molecule has 1 unspecified atom stereocenters. The zero-order chi connectivity index (χ0) is 14.4. The van der Waals surface area contributed by atoms with Gasteiger partial charge in [-0.1, -0.05) is 0 Å². The van der Waals surface area contributed by atoms with E-state index in [1.165, 1.54) is 0 Å². The Morgan fingerprint density at radius 2 is 1.63 bits per heavy atom. The molecule has 0 spiro atoms. The van der Waals surface area contributed by atoms with Crippen LogP contribution in [0.25, 0.3) is 0 Å². The maximum atomic E-state index is 11.3. The van der Waals surface area contributed by atoms with Crippen LogP contribution in [0.15, 0.2) is 12.1 Å². The Kier molecular flexibility index (Phi) is 5.63. The molecule has 0 aromatic heterocycles. The topological polar surface area (TPSA) is 48.0 Å². The number of benzene rings is 1. The molecule has 0 amide bonds. The Morgan fingerprint density at radius 3 is 1.95 bits per heavy atom. The minimum absolute atomic E-state index is 0.233. The van der Waals surface area contributed by atoms with Crippen molar-refractivity contribution in [1.82, 2.24) is 4.90 Å². The fourth-order valence-corrected chi connectivity index (χ4v) is 1.94. The predicted octanol–water partition coefficient (Wildman–Crippen LogP) is 1.56. The van der Waals surface area contributed by atoms with Gasteiger partial charge in [0.2, 0.25) is 5.75 Å². The lowest BCUT2D eigenvalue weighted by atomic mass is 9.99. The third-order valence-electron chi connectivity index (χ3n) is 2.84. The van der Waals surface area contributed by atoms with Crippen LogP contribution in [-0.2, 0) is 4.79 Å². The van der Waals surface area contributed by atoms with Crippen LogP contribution < -0.4 is 14.2 Å². The zero-order valence-corrected chi connectivity index (χ0v) is 12.1. The number of rotatable bonds is 7. The van der Waals surface area contributed by atoms with Gasteiger partial charge in [-0.25, -0.2) is 0 Å². The number of carbonyl (C=O) groups is 1. The second-order valence-electron chi connectivity index (χ2n) is 4.46. The van der Waals surface area contributed by atoms with E-state index in [0.717, 1.165) is 11.8 Å². The van der Waals surface area contributed by atoms with Gasteiger partial charge in [0.05, 0.1) is 27.2 Å². The summed E-state index contributed by atoms with van der Waals surface area (Å²) in [7, 11) is 8.52. The van der Waals surface area contributed by atoms with Crippen molar-refractivity contribution in [1.29, 1.82) is 0 Å². The fraction of sp³-hybridized carbons (Fsp3) is 0.500. The molecule has 0 radical (unpaired) electrons. The summed E-state index contributed by atoms with van der Waals surface area (Å²) >= 11 is 0. The highest BCUT2D eigenvalue weighted by Crippen LogP contribution is 2.39. The van der Waals surface area contributed by atoms with E-state index in [2.05, 4.69) is 0 Å². The number of likely N-dealkylation sites (N-methyl/N-ethyl adjacent to an activating group) is 1. The molecule has 1 rings (SSSR count). The van der Waals surface area contributed by atoms with Crippen molar-refractivity contribution >= 4 is 6.29 Å². The lowest BCUT2D eigenvalue weighted by Crippen LogP contribution is -2.21. The highest BCUT2D eigenvalue weighted by Gasteiger charge is 2.18. The lowest BCUT2D eigenvalue weighted by molar-refractivity contribution is -0.109. The van der Waals surface area contributed by atoms with Crippen molar-refractivity contribution in [2.45, 2.75) is 5.92 Å². The van der Waals surface area contributed by atoms with E-state index in [1.54, 1.807) is 21.3 Å². The van der Waals surface area contributed by atoms with Crippen LogP contribution in [0.4, 0.5) is 0 Å². The van der Waals surface area contributed by atoms with Gasteiger partial charge in [-0.2, -0.15) is 0 Å². The number of ether oxygens (including phenoxy) is 3. The molecule has 5 nitrogen and oxygen atoms in total. The van der Waals surface area contributed by atoms with Crippen LogP contribution in [0.3, 0.4) is 0 Å². The summed E-state index contributed by atoms with van der Waals surface area (Å²) < 4.78 is 15.8. The van der Waals surface area contributed by atoms with Gasteiger partial charge in [0, 0.05) is 6.54 Å². The van der Waals surface area contributed by atoms with E-state index in [1.807, 2.05) is 31.1 Å². The molecule has 5 heteroatoms. The highest BCUT2D eigenvalue weighted by atomic mass is 16.5. The van der Waals surface area contributed by atoms with Crippen LogP contribution >= 0.6 is 0 Å². The van der Waals surface area contributed by atoms with Crippen LogP contribution in [0.2, 0.25) is 0 Å². The quantitative estimate of drug-likeness (QED) is 0.702. The monoisotopic (exact) mass is 267 g/mol. The van der Waals surface area contributed by atoms with Gasteiger partial charge in [-0.05, 0) is 31.8 Å². The molecule has 1 atom stereocenters. The van der Waals surface area contributed by atoms with Gasteiger partial charge in [-0.3, -0.25) is 0 Å². The second kappa shape index (κ2) is 6.99. The third-order valence-corrected chi connectivity index (χ3v) is 2.84. The summed E-state index contributed by atoms with van der Waals surface area (Å²) in [5, 5.41) is 0. The molecule has 106 valence electrons. The Labute approximate surface area is 114 Å². The first-order valence-electron chi connectivity index (χ1n) is 5.97. The minimum atomic E-state index is -0.233. The van der Waals surface area contributed by atoms with Crippen LogP contribution in [-0.4, -0.2) is 53.2 Å². The Bertz CT molecular complexity index is 406. The fourth-order valence-electron chi connectivity index (χ4n) is 1.94. The lowest BCUT2D eigenvalue weighted by Gasteiger charge is -2.19. The first kappa shape index (κ1) is 15.3. The number of hydrogen-bond acceptors (Lipinski definition) is 5. The molecule has 19 heavy (non-hydrogen) atoms. The molecule has 0 aliphatic carbocycles. The Morgan fingerprint density at radius 1 is 1.11 bits per heavy atom. The van der Waals surface area contributed by atoms with Crippen molar-refractivity contribution in [3.05, 3.63) is 17.7 Å². The maximum Gasteiger partial charge on any atom is 0.203 e. The average molecular weight is 267 g/mol. The summed E-state index contributed by atoms with van der Waals surface area (Å²) in [5.74, 6) is 1.41. The average Bonchev–Trinajstić information content (AvgIpc) is 2.42. The number of carbonyl (C=O) groups excluding carboxylic acids is 1. The molecular weight excluding hydrogens is 246 g/mol. The molecule has 1 aromatic carbocycles. The number of hydrogen-bond donors (Lipinski definition) is 0. The van der Waals surface area contributed by atoms with Crippen LogP contribution in [0.1, 0.15) is 11.5 Å². The van der Waals surface area contributed by atoms with Crippen molar-refractivity contribution in [3.8, 4) is 17.2 Å². The van der Waals surface area contributed by atoms with Gasteiger partial charge in [0.15, 0.2) is 11.5 Å². The molecule has 0 bridgehead atoms. The van der Waals surface area contributed by atoms with Crippen molar-refractivity contribution in [2.75, 3.05) is 42.0 Å². The number of aldehydes is 1. The molecule has 0 saturated heterocycles. The first-order chi connectivity index (χ1) is 9.07. The third kappa shape index (κ3) is 3.61. The molecule has 0 aliphatic rings. The zero-order valence-electron chi connectivity index (χ0n) is 12.1. The SMILES string of the molecule is COc1cc(C(C=O)CN(C)C)cc(OC)c1OC. The minimum Gasteiger partial charge on any atom is -0.493 e. The van der Waals surface area contributed by atoms with Crippen molar-refractivity contribution in [3.63, 3.8) is 0 Å². The van der Waals surface area contributed by atoms with E-state index >= 15 is 0 Å². The number of methoxy groups -OCH3 is 3. The summed E-state index contributed by atoms with van der Waals surface area (Å²) in [6.07, 6.45) is 0.931. The van der Waals surface area contributed by atoms with Gasteiger partial charge in [0.25, 0.3) is 0 Å². The Hall–Kier alpha value is -1.75. The predicted molar refractivity (Wildman–Crippen MR) is 73.5 cm³/mol. The van der Waals surface area contributed by atoms with Crippen molar-refractivity contribution < 1.29 is 19.0 Å². The van der Waals surface area contributed by atoms with E-state index in [9.17, 15) is 4.79 Å². The molecular formula is C14H21NO4. The number of nitrogens with zero attached hydrogens (tertiary/aromatic N) is 1. The molecule has 0 N–H and O–H groups in total. The largest absolute Gasteiger partial charge is 0.493 e. The Balaban J connectivity index is 3.24. The molecule has 0 fully saturated rings. The van der Waals surface area contributed by atoms with Crippen LogP contribution in [0, 0.1) is 0 Å². The van der Waals surface area contributed by atoms with Gasteiger partial charge in [-0.15, -0.1) is 0 Å².